The molecule has 0 aromatic heterocycles. The first kappa shape index (κ1) is 18.2. The van der Waals surface area contributed by atoms with E-state index in [0.717, 1.165) is 0 Å². The number of amides is 1. The Balaban J connectivity index is 2.27. The van der Waals surface area contributed by atoms with E-state index in [4.69, 9.17) is 16.3 Å². The van der Waals surface area contributed by atoms with E-state index in [-0.39, 0.29) is 27.3 Å². The summed E-state index contributed by atoms with van der Waals surface area (Å²) < 4.78 is 31.8. The lowest BCUT2D eigenvalue weighted by atomic mass is 10.2. The van der Waals surface area contributed by atoms with E-state index in [1.165, 1.54) is 22.5 Å². The number of ether oxygens (including phenoxy) is 1. The fourth-order valence-electron chi connectivity index (χ4n) is 2.17. The van der Waals surface area contributed by atoms with Crippen LogP contribution in [0.4, 0.5) is 0 Å². The first-order valence-electron chi connectivity index (χ1n) is 7.48. The Labute approximate surface area is 141 Å². The van der Waals surface area contributed by atoms with Crippen LogP contribution in [0.3, 0.4) is 0 Å². The molecule has 1 aromatic rings. The van der Waals surface area contributed by atoms with Crippen LogP contribution in [-0.4, -0.2) is 51.5 Å². The van der Waals surface area contributed by atoms with Crippen LogP contribution in [0.15, 0.2) is 23.1 Å². The first-order valence-corrected chi connectivity index (χ1v) is 9.30. The van der Waals surface area contributed by atoms with E-state index in [9.17, 15) is 13.2 Å². The molecule has 6 nitrogen and oxygen atoms in total. The van der Waals surface area contributed by atoms with Gasteiger partial charge in [0.2, 0.25) is 10.0 Å². The Kier molecular flexibility index (Phi) is 6.02. The maximum atomic E-state index is 12.6. The van der Waals surface area contributed by atoms with Crippen molar-refractivity contribution >= 4 is 27.5 Å². The van der Waals surface area contributed by atoms with Crippen LogP contribution >= 0.6 is 11.6 Å². The van der Waals surface area contributed by atoms with Gasteiger partial charge in [0.1, 0.15) is 0 Å². The molecule has 1 saturated heterocycles. The number of hydrogen-bond donors (Lipinski definition) is 1. The van der Waals surface area contributed by atoms with Gasteiger partial charge in [0.25, 0.3) is 5.91 Å². The summed E-state index contributed by atoms with van der Waals surface area (Å²) in [4.78, 5) is 12.3. The fraction of sp³-hybridized carbons (Fsp3) is 0.533. The van der Waals surface area contributed by atoms with Gasteiger partial charge in [-0.3, -0.25) is 4.79 Å². The number of rotatable bonds is 5. The molecule has 1 aliphatic heterocycles. The smallest absolute Gasteiger partial charge is 0.252 e. The predicted octanol–water partition coefficient (Wildman–Crippen LogP) is 1.75. The number of nitrogens with one attached hydrogen (secondary N) is 1. The van der Waals surface area contributed by atoms with Gasteiger partial charge < -0.3 is 10.1 Å². The van der Waals surface area contributed by atoms with Crippen LogP contribution in [0.5, 0.6) is 0 Å². The normalized spacial score (nSPS) is 16.5. The zero-order chi connectivity index (χ0) is 17.0. The zero-order valence-corrected chi connectivity index (χ0v) is 14.8. The second-order valence-corrected chi connectivity index (χ2v) is 8.11. The highest BCUT2D eigenvalue weighted by atomic mass is 35.5. The summed E-state index contributed by atoms with van der Waals surface area (Å²) in [5.74, 6) is -0.0827. The van der Waals surface area contributed by atoms with Gasteiger partial charge in [-0.2, -0.15) is 4.31 Å². The van der Waals surface area contributed by atoms with Gasteiger partial charge in [0.15, 0.2) is 0 Å². The van der Waals surface area contributed by atoms with Gasteiger partial charge in [0, 0.05) is 19.6 Å². The van der Waals surface area contributed by atoms with Crippen LogP contribution in [0.1, 0.15) is 24.2 Å². The van der Waals surface area contributed by atoms with Crippen molar-refractivity contribution < 1.29 is 17.9 Å². The van der Waals surface area contributed by atoms with E-state index < -0.39 is 10.0 Å². The standard InChI is InChI=1S/C15H21ClN2O4S/c1-11(2)10-17-15(19)13-9-12(3-4-14(13)16)23(20,21)18-5-7-22-8-6-18/h3-4,9,11H,5-8,10H2,1-2H3,(H,17,19). The van der Waals surface area contributed by atoms with Crippen molar-refractivity contribution in [3.05, 3.63) is 28.8 Å². The summed E-state index contributed by atoms with van der Waals surface area (Å²) >= 11 is 6.05. The van der Waals surface area contributed by atoms with E-state index in [0.29, 0.717) is 32.8 Å². The van der Waals surface area contributed by atoms with Crippen molar-refractivity contribution in [3.63, 3.8) is 0 Å². The molecule has 0 atom stereocenters. The Morgan fingerprint density at radius 1 is 1.35 bits per heavy atom. The third kappa shape index (κ3) is 4.44. The highest BCUT2D eigenvalue weighted by Gasteiger charge is 2.27. The lowest BCUT2D eigenvalue weighted by molar-refractivity contribution is 0.0730. The molecule has 23 heavy (non-hydrogen) atoms. The molecule has 0 unspecified atom stereocenters. The molecule has 1 heterocycles. The quantitative estimate of drug-likeness (QED) is 0.867. The number of nitrogens with zero attached hydrogens (tertiary/aromatic N) is 1. The minimum Gasteiger partial charge on any atom is -0.379 e. The summed E-state index contributed by atoms with van der Waals surface area (Å²) in [6.07, 6.45) is 0. The Morgan fingerprint density at radius 3 is 2.61 bits per heavy atom. The van der Waals surface area contributed by atoms with Crippen LogP contribution in [0, 0.1) is 5.92 Å². The maximum Gasteiger partial charge on any atom is 0.252 e. The van der Waals surface area contributed by atoms with Gasteiger partial charge in [-0.25, -0.2) is 8.42 Å². The second-order valence-electron chi connectivity index (χ2n) is 5.76. The van der Waals surface area contributed by atoms with Crippen LogP contribution < -0.4 is 5.32 Å². The van der Waals surface area contributed by atoms with E-state index in [1.54, 1.807) is 0 Å². The van der Waals surface area contributed by atoms with Crippen molar-refractivity contribution in [1.29, 1.82) is 0 Å². The topological polar surface area (TPSA) is 75.7 Å². The number of benzene rings is 1. The lowest BCUT2D eigenvalue weighted by Crippen LogP contribution is -2.40. The second kappa shape index (κ2) is 7.61. The van der Waals surface area contributed by atoms with Crippen molar-refractivity contribution in [2.45, 2.75) is 18.7 Å². The SMILES string of the molecule is CC(C)CNC(=O)c1cc(S(=O)(=O)N2CCOCC2)ccc1Cl. The summed E-state index contributed by atoms with van der Waals surface area (Å²) in [6.45, 7) is 5.79. The Hall–Kier alpha value is -1.15. The molecule has 0 spiro atoms. The van der Waals surface area contributed by atoms with Gasteiger partial charge in [0.05, 0.1) is 28.7 Å². The number of hydrogen-bond acceptors (Lipinski definition) is 4. The average Bonchev–Trinajstić information content (AvgIpc) is 2.53. The monoisotopic (exact) mass is 360 g/mol. The largest absolute Gasteiger partial charge is 0.379 e. The van der Waals surface area contributed by atoms with Crippen molar-refractivity contribution in [1.82, 2.24) is 9.62 Å². The Bertz CT molecular complexity index is 670. The van der Waals surface area contributed by atoms with E-state index in [2.05, 4.69) is 5.32 Å². The maximum absolute atomic E-state index is 12.6. The predicted molar refractivity (Wildman–Crippen MR) is 88.2 cm³/mol. The number of carbonyl (C=O) groups excluding carboxylic acids is 1. The molecule has 0 radical (unpaired) electrons. The zero-order valence-electron chi connectivity index (χ0n) is 13.2. The molecule has 1 aliphatic rings. The van der Waals surface area contributed by atoms with Crippen LogP contribution in [0.25, 0.3) is 0 Å². The van der Waals surface area contributed by atoms with Gasteiger partial charge >= 0.3 is 0 Å². The van der Waals surface area contributed by atoms with Gasteiger partial charge in [-0.1, -0.05) is 25.4 Å². The summed E-state index contributed by atoms with van der Waals surface area (Å²) in [5.41, 5.74) is 0.168. The number of halogens is 1. The third-order valence-corrected chi connectivity index (χ3v) is 5.69. The molecule has 0 bridgehead atoms. The lowest BCUT2D eigenvalue weighted by Gasteiger charge is -2.26. The summed E-state index contributed by atoms with van der Waals surface area (Å²) in [5, 5.41) is 2.97. The van der Waals surface area contributed by atoms with E-state index in [1.807, 2.05) is 13.8 Å². The minimum absolute atomic E-state index is 0.0681. The molecule has 1 N–H and O–H groups in total. The molecule has 2 rings (SSSR count). The third-order valence-electron chi connectivity index (χ3n) is 3.46. The molecule has 1 fully saturated rings. The summed E-state index contributed by atoms with van der Waals surface area (Å²) in [6, 6.07) is 4.20. The molecular weight excluding hydrogens is 340 g/mol. The van der Waals surface area contributed by atoms with Gasteiger partial charge in [-0.15, -0.1) is 0 Å². The number of carbonyl (C=O) groups is 1. The fourth-order valence-corrected chi connectivity index (χ4v) is 3.81. The number of sulfonamides is 1. The molecule has 0 aliphatic carbocycles. The van der Waals surface area contributed by atoms with Crippen LogP contribution in [0.2, 0.25) is 5.02 Å². The highest BCUT2D eigenvalue weighted by Crippen LogP contribution is 2.23. The summed E-state index contributed by atoms with van der Waals surface area (Å²) in [7, 11) is -3.65. The Morgan fingerprint density at radius 2 is 2.00 bits per heavy atom. The minimum atomic E-state index is -3.65. The van der Waals surface area contributed by atoms with Crippen molar-refractivity contribution in [2.24, 2.45) is 5.92 Å². The average molecular weight is 361 g/mol. The first-order chi connectivity index (χ1) is 10.8. The molecule has 1 aromatic carbocycles. The highest BCUT2D eigenvalue weighted by molar-refractivity contribution is 7.89. The molecule has 128 valence electrons. The molecular formula is C15H21ClN2O4S. The van der Waals surface area contributed by atoms with Gasteiger partial charge in [-0.05, 0) is 24.1 Å². The van der Waals surface area contributed by atoms with Crippen molar-refractivity contribution in [2.75, 3.05) is 32.8 Å². The molecule has 0 saturated carbocycles. The van der Waals surface area contributed by atoms with Crippen molar-refractivity contribution in [3.8, 4) is 0 Å². The van der Waals surface area contributed by atoms with Crippen LogP contribution in [-0.2, 0) is 14.8 Å². The molecule has 1 amide bonds. The molecule has 8 heteroatoms. The van der Waals surface area contributed by atoms with E-state index >= 15 is 0 Å². The number of morpholine rings is 1.